The Hall–Kier alpha value is -3.68. The van der Waals surface area contributed by atoms with Gasteiger partial charge in [-0.15, -0.1) is 0 Å². The molecule has 3 amide bonds. The van der Waals surface area contributed by atoms with Gasteiger partial charge in [0.05, 0.1) is 34.7 Å². The average molecular weight is 419 g/mol. The summed E-state index contributed by atoms with van der Waals surface area (Å²) in [5.41, 5.74) is 2.64. The maximum atomic E-state index is 12.9. The summed E-state index contributed by atoms with van der Waals surface area (Å²) in [6.45, 7) is 4.00. The van der Waals surface area contributed by atoms with Gasteiger partial charge in [0.15, 0.2) is 0 Å². The van der Waals surface area contributed by atoms with Crippen LogP contribution in [0.5, 0.6) is 0 Å². The number of carbonyl (C=O) groups is 3. The van der Waals surface area contributed by atoms with E-state index in [2.05, 4.69) is 16.0 Å². The predicted molar refractivity (Wildman–Crippen MR) is 117 cm³/mol. The lowest BCUT2D eigenvalue weighted by molar-refractivity contribution is -0.126. The molecule has 4 rings (SSSR count). The van der Waals surface area contributed by atoms with Crippen molar-refractivity contribution in [3.63, 3.8) is 0 Å². The molecule has 0 saturated carbocycles. The van der Waals surface area contributed by atoms with Gasteiger partial charge in [0.25, 0.3) is 5.91 Å². The molecule has 0 radical (unpaired) electrons. The van der Waals surface area contributed by atoms with Crippen LogP contribution in [0.4, 0.5) is 5.69 Å². The molecule has 2 aromatic carbocycles. The van der Waals surface area contributed by atoms with E-state index in [9.17, 15) is 14.4 Å². The first kappa shape index (κ1) is 20.6. The number of nitrogens with one attached hydrogen (secondary N) is 3. The van der Waals surface area contributed by atoms with Gasteiger partial charge in [-0.1, -0.05) is 38.1 Å². The molecule has 8 nitrogen and oxygen atoms in total. The largest absolute Gasteiger partial charge is 0.346 e. The molecule has 3 N–H and O–H groups in total. The molecule has 0 bridgehead atoms. The number of hydrogen-bond donors (Lipinski definition) is 3. The average Bonchev–Trinajstić information content (AvgIpc) is 3.02. The number of nitrogens with zero attached hydrogens (tertiary/aromatic N) is 2. The highest BCUT2D eigenvalue weighted by atomic mass is 16.2. The molecule has 160 valence electrons. The van der Waals surface area contributed by atoms with E-state index >= 15 is 0 Å². The molecule has 31 heavy (non-hydrogen) atoms. The standard InChI is InChI=1S/C23H25N5O3/c1-13(2)20(21-24-16-10-6-7-11-18(16)28(21)3)27-19(29)12-17-23(31)25-15-9-5-4-8-14(15)22(30)26-17/h4-11,13,17,20H,12H2,1-3H3,(H,25,31)(H,26,30)(H,27,29). The van der Waals surface area contributed by atoms with E-state index in [4.69, 9.17) is 4.98 Å². The van der Waals surface area contributed by atoms with Crippen LogP contribution in [0.15, 0.2) is 48.5 Å². The van der Waals surface area contributed by atoms with Crippen LogP contribution in [-0.2, 0) is 16.6 Å². The van der Waals surface area contributed by atoms with Crippen LogP contribution < -0.4 is 16.0 Å². The molecule has 2 unspecified atom stereocenters. The smallest absolute Gasteiger partial charge is 0.254 e. The summed E-state index contributed by atoms with van der Waals surface area (Å²) < 4.78 is 1.97. The Morgan fingerprint density at radius 1 is 1.13 bits per heavy atom. The number of fused-ring (bicyclic) bond motifs is 2. The van der Waals surface area contributed by atoms with Crippen molar-refractivity contribution in [2.75, 3.05) is 5.32 Å². The summed E-state index contributed by atoms with van der Waals surface area (Å²) in [4.78, 5) is 42.7. The lowest BCUT2D eigenvalue weighted by Crippen LogP contribution is -2.45. The zero-order valence-corrected chi connectivity index (χ0v) is 17.7. The van der Waals surface area contributed by atoms with Crippen molar-refractivity contribution in [1.82, 2.24) is 20.2 Å². The van der Waals surface area contributed by atoms with Crippen molar-refractivity contribution < 1.29 is 14.4 Å². The van der Waals surface area contributed by atoms with Gasteiger partial charge in [-0.3, -0.25) is 14.4 Å². The van der Waals surface area contributed by atoms with Crippen LogP contribution in [-0.4, -0.2) is 33.3 Å². The third-order valence-electron chi connectivity index (χ3n) is 5.52. The van der Waals surface area contributed by atoms with Gasteiger partial charge in [0, 0.05) is 7.05 Å². The van der Waals surface area contributed by atoms with Crippen molar-refractivity contribution >= 4 is 34.4 Å². The minimum atomic E-state index is -0.965. The molecule has 0 spiro atoms. The topological polar surface area (TPSA) is 105 Å². The molecule has 1 aromatic heterocycles. The third-order valence-corrected chi connectivity index (χ3v) is 5.52. The minimum Gasteiger partial charge on any atom is -0.346 e. The first-order valence-electron chi connectivity index (χ1n) is 10.3. The number of rotatable bonds is 5. The number of hydrogen-bond acceptors (Lipinski definition) is 4. The van der Waals surface area contributed by atoms with E-state index in [0.29, 0.717) is 11.3 Å². The number of benzene rings is 2. The lowest BCUT2D eigenvalue weighted by atomic mass is 10.0. The molecule has 0 aliphatic carbocycles. The molecule has 1 aliphatic rings. The Morgan fingerprint density at radius 2 is 1.84 bits per heavy atom. The van der Waals surface area contributed by atoms with Gasteiger partial charge in [0.1, 0.15) is 11.9 Å². The van der Waals surface area contributed by atoms with Crippen molar-refractivity contribution in [3.8, 4) is 0 Å². The lowest BCUT2D eigenvalue weighted by Gasteiger charge is -2.23. The fourth-order valence-electron chi connectivity index (χ4n) is 3.84. The van der Waals surface area contributed by atoms with Crippen LogP contribution in [0, 0.1) is 5.92 Å². The van der Waals surface area contributed by atoms with E-state index in [-0.39, 0.29) is 30.2 Å². The fourth-order valence-corrected chi connectivity index (χ4v) is 3.84. The van der Waals surface area contributed by atoms with Crippen LogP contribution in [0.3, 0.4) is 0 Å². The molecule has 0 fully saturated rings. The maximum Gasteiger partial charge on any atom is 0.254 e. The van der Waals surface area contributed by atoms with Gasteiger partial charge < -0.3 is 20.5 Å². The van der Waals surface area contributed by atoms with Crippen LogP contribution in [0.2, 0.25) is 0 Å². The van der Waals surface area contributed by atoms with E-state index in [0.717, 1.165) is 16.9 Å². The molecule has 8 heteroatoms. The number of imidazole rings is 1. The first-order chi connectivity index (χ1) is 14.8. The van der Waals surface area contributed by atoms with E-state index in [1.54, 1.807) is 24.3 Å². The van der Waals surface area contributed by atoms with E-state index in [1.165, 1.54) is 0 Å². The highest BCUT2D eigenvalue weighted by Crippen LogP contribution is 2.25. The molecule has 1 aliphatic heterocycles. The van der Waals surface area contributed by atoms with Gasteiger partial charge >= 0.3 is 0 Å². The summed E-state index contributed by atoms with van der Waals surface area (Å²) >= 11 is 0. The predicted octanol–water partition coefficient (Wildman–Crippen LogP) is 2.53. The molecular weight excluding hydrogens is 394 g/mol. The summed E-state index contributed by atoms with van der Waals surface area (Å²) in [7, 11) is 1.92. The normalized spacial score (nSPS) is 17.0. The third kappa shape index (κ3) is 4.01. The van der Waals surface area contributed by atoms with Crippen molar-refractivity contribution in [3.05, 3.63) is 59.9 Å². The van der Waals surface area contributed by atoms with Gasteiger partial charge in [-0.2, -0.15) is 0 Å². The Labute approximate surface area is 180 Å². The summed E-state index contributed by atoms with van der Waals surface area (Å²) in [6.07, 6.45) is -0.168. The van der Waals surface area contributed by atoms with Crippen LogP contribution in [0.1, 0.15) is 42.5 Å². The Morgan fingerprint density at radius 3 is 2.58 bits per heavy atom. The zero-order valence-electron chi connectivity index (χ0n) is 17.7. The minimum absolute atomic E-state index is 0.0706. The van der Waals surface area contributed by atoms with Gasteiger partial charge in [-0.25, -0.2) is 4.98 Å². The van der Waals surface area contributed by atoms with E-state index in [1.807, 2.05) is 49.7 Å². The summed E-state index contributed by atoms with van der Waals surface area (Å²) in [5.74, 6) is -0.329. The fraction of sp³-hybridized carbons (Fsp3) is 0.304. The highest BCUT2D eigenvalue weighted by molar-refractivity contribution is 6.10. The van der Waals surface area contributed by atoms with Crippen molar-refractivity contribution in [1.29, 1.82) is 0 Å². The first-order valence-corrected chi connectivity index (χ1v) is 10.3. The Kier molecular flexibility index (Phi) is 5.46. The molecule has 0 saturated heterocycles. The summed E-state index contributed by atoms with van der Waals surface area (Å²) in [5, 5.41) is 8.39. The van der Waals surface area contributed by atoms with Gasteiger partial charge in [-0.05, 0) is 30.2 Å². The van der Waals surface area contributed by atoms with Crippen LogP contribution >= 0.6 is 0 Å². The monoisotopic (exact) mass is 419 g/mol. The number of carbonyl (C=O) groups excluding carboxylic acids is 3. The number of aromatic nitrogens is 2. The highest BCUT2D eigenvalue weighted by Gasteiger charge is 2.31. The molecular formula is C23H25N5O3. The molecule has 3 aromatic rings. The van der Waals surface area contributed by atoms with Gasteiger partial charge in [0.2, 0.25) is 11.8 Å². The van der Waals surface area contributed by atoms with Crippen molar-refractivity contribution in [2.24, 2.45) is 13.0 Å². The number of amides is 3. The number of aryl methyl sites for hydroxylation is 1. The zero-order chi connectivity index (χ0) is 22.1. The number of para-hydroxylation sites is 3. The second-order valence-electron chi connectivity index (χ2n) is 8.07. The maximum absolute atomic E-state index is 12.9. The second-order valence-corrected chi connectivity index (χ2v) is 8.07. The summed E-state index contributed by atoms with van der Waals surface area (Å²) in [6, 6.07) is 13.2. The number of anilines is 1. The Bertz CT molecular complexity index is 1170. The van der Waals surface area contributed by atoms with Crippen LogP contribution in [0.25, 0.3) is 11.0 Å². The SMILES string of the molecule is CC(C)C(NC(=O)CC1NC(=O)c2ccccc2NC1=O)c1nc2ccccc2n1C. The molecule has 2 atom stereocenters. The molecule has 2 heterocycles. The van der Waals surface area contributed by atoms with E-state index < -0.39 is 11.9 Å². The van der Waals surface area contributed by atoms with Crippen molar-refractivity contribution in [2.45, 2.75) is 32.4 Å². The second kappa shape index (κ2) is 8.22. The Balaban J connectivity index is 1.52. The quantitative estimate of drug-likeness (QED) is 0.591.